The van der Waals surface area contributed by atoms with E-state index in [4.69, 9.17) is 0 Å². The molecule has 0 amide bonds. The fourth-order valence-corrected chi connectivity index (χ4v) is 0.762. The lowest BCUT2D eigenvalue weighted by Crippen LogP contribution is -2.16. The van der Waals surface area contributed by atoms with Crippen LogP contribution in [0.15, 0.2) is 30.0 Å². The molecule has 0 bridgehead atoms. The highest BCUT2D eigenvalue weighted by Gasteiger charge is 1.96. The Balaban J connectivity index is 3.76. The van der Waals surface area contributed by atoms with Crippen LogP contribution in [0.3, 0.4) is 0 Å². The highest BCUT2D eigenvalue weighted by Crippen LogP contribution is 2.01. The van der Waals surface area contributed by atoms with Crippen molar-refractivity contribution in [2.24, 2.45) is 4.99 Å². The Morgan fingerprint density at radius 2 is 2.25 bits per heavy atom. The maximum absolute atomic E-state index is 4.08. The molecule has 0 aliphatic rings. The van der Waals surface area contributed by atoms with E-state index in [9.17, 15) is 0 Å². The van der Waals surface area contributed by atoms with Crippen LogP contribution in [0.2, 0.25) is 0 Å². The molecule has 2 heteroatoms. The lowest BCUT2D eigenvalue weighted by atomic mass is 10.3. The lowest BCUT2D eigenvalue weighted by molar-refractivity contribution is 0.405. The molecule has 0 aromatic rings. The van der Waals surface area contributed by atoms with Crippen LogP contribution in [0.25, 0.3) is 0 Å². The molecular weight excluding hydrogens is 148 g/mol. The molecule has 12 heavy (non-hydrogen) atoms. The summed E-state index contributed by atoms with van der Waals surface area (Å²) in [5.41, 5.74) is 0. The zero-order valence-electron chi connectivity index (χ0n) is 8.08. The molecule has 0 N–H and O–H groups in total. The first-order valence-corrected chi connectivity index (χ1v) is 4.27. The second-order valence-corrected chi connectivity index (χ2v) is 2.71. The summed E-state index contributed by atoms with van der Waals surface area (Å²) >= 11 is 0. The summed E-state index contributed by atoms with van der Waals surface area (Å²) in [6.45, 7) is 10.6. The second-order valence-electron chi connectivity index (χ2n) is 2.71. The number of hydrogen-bond acceptors (Lipinski definition) is 2. The quantitative estimate of drug-likeness (QED) is 0.553. The van der Waals surface area contributed by atoms with Gasteiger partial charge in [0.05, 0.1) is 0 Å². The molecule has 0 aliphatic heterocycles. The molecule has 0 radical (unpaired) electrons. The molecule has 0 aromatic heterocycles. The normalized spacial score (nSPS) is 10.2. The first kappa shape index (κ1) is 11.0. The summed E-state index contributed by atoms with van der Waals surface area (Å²) in [5.74, 6) is 0.795. The third-order valence-corrected chi connectivity index (χ3v) is 1.62. The number of hydrogen-bond donors (Lipinski definition) is 0. The van der Waals surface area contributed by atoms with Crippen molar-refractivity contribution in [3.05, 3.63) is 25.1 Å². The number of aliphatic imine (C=N–C) groups is 1. The van der Waals surface area contributed by atoms with Crippen LogP contribution < -0.4 is 0 Å². The lowest BCUT2D eigenvalue weighted by Gasteiger charge is -2.17. The fourth-order valence-electron chi connectivity index (χ4n) is 0.762. The number of nitrogens with zero attached hydrogens (tertiary/aromatic N) is 2. The summed E-state index contributed by atoms with van der Waals surface area (Å²) in [5, 5.41) is 0. The van der Waals surface area contributed by atoms with Gasteiger partial charge in [0.1, 0.15) is 5.82 Å². The van der Waals surface area contributed by atoms with Crippen LogP contribution in [0.4, 0.5) is 0 Å². The second kappa shape index (κ2) is 6.65. The first-order valence-electron chi connectivity index (χ1n) is 4.27. The third-order valence-electron chi connectivity index (χ3n) is 1.62. The highest BCUT2D eigenvalue weighted by molar-refractivity contribution is 5.71. The molecule has 0 rings (SSSR count). The zero-order valence-corrected chi connectivity index (χ0v) is 8.08. The summed E-state index contributed by atoms with van der Waals surface area (Å²) in [6, 6.07) is 0. The van der Waals surface area contributed by atoms with Gasteiger partial charge in [0.15, 0.2) is 0 Å². The maximum atomic E-state index is 4.08. The molecule has 0 aliphatic carbocycles. The minimum atomic E-state index is 0.795. The predicted molar refractivity (Wildman–Crippen MR) is 55.4 cm³/mol. The van der Waals surface area contributed by atoms with Gasteiger partial charge >= 0.3 is 0 Å². The molecule has 0 saturated heterocycles. The van der Waals surface area contributed by atoms with Crippen LogP contribution in [-0.4, -0.2) is 24.7 Å². The van der Waals surface area contributed by atoms with Crippen molar-refractivity contribution in [2.75, 3.05) is 13.6 Å². The van der Waals surface area contributed by atoms with E-state index in [0.717, 1.165) is 12.4 Å². The molecule has 0 aromatic carbocycles. The third kappa shape index (κ3) is 4.72. The van der Waals surface area contributed by atoms with Gasteiger partial charge in [0.2, 0.25) is 0 Å². The molecule has 68 valence electrons. The van der Waals surface area contributed by atoms with Gasteiger partial charge in [-0.2, -0.15) is 0 Å². The molecule has 2 nitrogen and oxygen atoms in total. The van der Waals surface area contributed by atoms with Gasteiger partial charge in [-0.3, -0.25) is 0 Å². The van der Waals surface area contributed by atoms with Crippen molar-refractivity contribution in [3.8, 4) is 0 Å². The van der Waals surface area contributed by atoms with Crippen LogP contribution in [0.5, 0.6) is 0 Å². The minimum Gasteiger partial charge on any atom is -0.360 e. The van der Waals surface area contributed by atoms with Gasteiger partial charge in [-0.25, -0.2) is 4.99 Å². The monoisotopic (exact) mass is 166 g/mol. The van der Waals surface area contributed by atoms with Crippen molar-refractivity contribution in [1.82, 2.24) is 4.90 Å². The predicted octanol–water partition coefficient (Wildman–Crippen LogP) is 2.45. The Labute approximate surface area is 75.3 Å². The van der Waals surface area contributed by atoms with E-state index in [-0.39, 0.29) is 0 Å². The number of allylic oxidation sites excluding steroid dienone is 1. The smallest absolute Gasteiger partial charge is 0.120 e. The van der Waals surface area contributed by atoms with E-state index in [1.165, 1.54) is 12.8 Å². The fraction of sp³-hybridized carbons (Fsp3) is 0.500. The summed E-state index contributed by atoms with van der Waals surface area (Å²) in [6.07, 6.45) is 5.69. The first-order chi connectivity index (χ1) is 5.72. The summed E-state index contributed by atoms with van der Waals surface area (Å²) in [4.78, 5) is 6.13. The Bertz CT molecular complexity index is 171. The van der Waals surface area contributed by atoms with E-state index >= 15 is 0 Å². The van der Waals surface area contributed by atoms with Crippen molar-refractivity contribution in [3.63, 3.8) is 0 Å². The summed E-state index contributed by atoms with van der Waals surface area (Å²) in [7, 11) is 2.00. The van der Waals surface area contributed by atoms with Crippen LogP contribution in [-0.2, 0) is 0 Å². The van der Waals surface area contributed by atoms with E-state index < -0.39 is 0 Å². The van der Waals surface area contributed by atoms with Gasteiger partial charge < -0.3 is 4.90 Å². The van der Waals surface area contributed by atoms with E-state index in [1.54, 1.807) is 12.3 Å². The molecule has 0 atom stereocenters. The van der Waals surface area contributed by atoms with Gasteiger partial charge in [0.25, 0.3) is 0 Å². The topological polar surface area (TPSA) is 15.6 Å². The molecule has 0 heterocycles. The van der Waals surface area contributed by atoms with Gasteiger partial charge in [-0.15, -0.1) is 0 Å². The number of rotatable bonds is 6. The van der Waals surface area contributed by atoms with Crippen molar-refractivity contribution in [1.29, 1.82) is 0 Å². The Kier molecular flexibility index (Phi) is 6.07. The van der Waals surface area contributed by atoms with Crippen molar-refractivity contribution >= 4 is 6.21 Å². The Hall–Kier alpha value is -1.05. The summed E-state index contributed by atoms with van der Waals surface area (Å²) < 4.78 is 0. The molecule has 0 saturated carbocycles. The molecule has 0 fully saturated rings. The van der Waals surface area contributed by atoms with Gasteiger partial charge in [-0.05, 0) is 6.42 Å². The highest BCUT2D eigenvalue weighted by atomic mass is 15.2. The van der Waals surface area contributed by atoms with E-state index in [0.29, 0.717) is 0 Å². The number of unbranched alkanes of at least 4 members (excludes halogenated alkanes) is 1. The molecule has 0 spiro atoms. The minimum absolute atomic E-state index is 0.795. The van der Waals surface area contributed by atoms with Crippen LogP contribution in [0.1, 0.15) is 19.8 Å². The van der Waals surface area contributed by atoms with Crippen molar-refractivity contribution in [2.45, 2.75) is 19.8 Å². The molecular formula is C10H18N2. The van der Waals surface area contributed by atoms with Crippen molar-refractivity contribution < 1.29 is 0 Å². The SMILES string of the molecule is C=C/C=N\C(=C)N(C)CCCC. The average Bonchev–Trinajstić information content (AvgIpc) is 2.10. The van der Waals surface area contributed by atoms with E-state index in [1.807, 2.05) is 11.9 Å². The van der Waals surface area contributed by atoms with Gasteiger partial charge in [-0.1, -0.05) is 32.6 Å². The van der Waals surface area contributed by atoms with Crippen LogP contribution >= 0.6 is 0 Å². The Morgan fingerprint density at radius 3 is 2.75 bits per heavy atom. The maximum Gasteiger partial charge on any atom is 0.120 e. The largest absolute Gasteiger partial charge is 0.360 e. The van der Waals surface area contributed by atoms with Crippen LogP contribution in [0, 0.1) is 0 Å². The Morgan fingerprint density at radius 1 is 1.58 bits per heavy atom. The average molecular weight is 166 g/mol. The standard InChI is InChI=1S/C10H18N2/c1-5-7-9-12(4)10(3)11-8-6-2/h6,8H,2-3,5,7,9H2,1,4H3/b11-8-. The van der Waals surface area contributed by atoms with Gasteiger partial charge in [0, 0.05) is 19.8 Å². The van der Waals surface area contributed by atoms with E-state index in [2.05, 4.69) is 25.1 Å². The zero-order chi connectivity index (χ0) is 9.40. The molecule has 0 unspecified atom stereocenters.